The molecular formula is C13H10N4O7. The Hall–Kier alpha value is -3.76. The maximum absolute atomic E-state index is 12.2. The summed E-state index contributed by atoms with van der Waals surface area (Å²) in [6.07, 6.45) is 0.970. The third-order valence-electron chi connectivity index (χ3n) is 2.88. The number of aromatic amines is 2. The first kappa shape index (κ1) is 16.6. The van der Waals surface area contributed by atoms with E-state index in [2.05, 4.69) is 15.0 Å². The van der Waals surface area contributed by atoms with Gasteiger partial charge in [-0.2, -0.15) is 0 Å². The summed E-state index contributed by atoms with van der Waals surface area (Å²) in [7, 11) is 1.08. The van der Waals surface area contributed by atoms with Gasteiger partial charge in [-0.05, 0) is 6.07 Å². The molecule has 1 aromatic heterocycles. The zero-order chi connectivity index (χ0) is 17.9. The van der Waals surface area contributed by atoms with E-state index < -0.39 is 33.7 Å². The fourth-order valence-electron chi connectivity index (χ4n) is 1.78. The van der Waals surface area contributed by atoms with Crippen molar-refractivity contribution >= 4 is 23.3 Å². The number of nitrogens with zero attached hydrogens (tertiary/aromatic N) is 1. The summed E-state index contributed by atoms with van der Waals surface area (Å²) in [4.78, 5) is 60.3. The van der Waals surface area contributed by atoms with E-state index in [9.17, 15) is 29.3 Å². The quantitative estimate of drug-likeness (QED) is 0.402. The van der Waals surface area contributed by atoms with E-state index in [1.807, 2.05) is 4.98 Å². The number of nitro benzene ring substituents is 1. The number of rotatable bonds is 4. The normalized spacial score (nSPS) is 10.0. The molecule has 0 aliphatic carbocycles. The fourth-order valence-corrected chi connectivity index (χ4v) is 1.78. The van der Waals surface area contributed by atoms with Gasteiger partial charge >= 0.3 is 11.7 Å². The molecule has 0 bridgehead atoms. The van der Waals surface area contributed by atoms with Crippen LogP contribution in [0.15, 0.2) is 34.0 Å². The number of methoxy groups -OCH3 is 1. The molecule has 1 aromatic carbocycles. The van der Waals surface area contributed by atoms with Gasteiger partial charge in [-0.3, -0.25) is 24.7 Å². The van der Waals surface area contributed by atoms with Crippen LogP contribution >= 0.6 is 0 Å². The van der Waals surface area contributed by atoms with Gasteiger partial charge in [0.15, 0.2) is 0 Å². The zero-order valence-electron chi connectivity index (χ0n) is 12.1. The van der Waals surface area contributed by atoms with Crippen molar-refractivity contribution in [3.05, 3.63) is 66.5 Å². The summed E-state index contributed by atoms with van der Waals surface area (Å²) in [5, 5.41) is 13.1. The van der Waals surface area contributed by atoms with Crippen LogP contribution in [0.2, 0.25) is 0 Å². The molecule has 1 amide bonds. The molecule has 11 heteroatoms. The van der Waals surface area contributed by atoms with Crippen LogP contribution in [0.3, 0.4) is 0 Å². The van der Waals surface area contributed by atoms with Crippen molar-refractivity contribution in [3.63, 3.8) is 0 Å². The first-order valence-corrected chi connectivity index (χ1v) is 6.33. The van der Waals surface area contributed by atoms with E-state index in [0.29, 0.717) is 0 Å². The molecule has 0 radical (unpaired) electrons. The summed E-state index contributed by atoms with van der Waals surface area (Å²) in [6.45, 7) is 0. The minimum atomic E-state index is -0.888. The molecule has 3 N–H and O–H groups in total. The van der Waals surface area contributed by atoms with Crippen LogP contribution in [-0.2, 0) is 4.74 Å². The van der Waals surface area contributed by atoms with Gasteiger partial charge in [0, 0.05) is 23.9 Å². The average Bonchev–Trinajstić information content (AvgIpc) is 2.56. The SMILES string of the molecule is COC(=O)c1cc(C(=O)Nc2c[nH]c(=O)[nH]c2=O)cc([N+](=O)[O-])c1. The predicted molar refractivity (Wildman–Crippen MR) is 80.1 cm³/mol. The molecule has 0 saturated carbocycles. The van der Waals surface area contributed by atoms with Gasteiger partial charge in [-0.1, -0.05) is 0 Å². The number of carbonyl (C=O) groups excluding carboxylic acids is 2. The van der Waals surface area contributed by atoms with E-state index in [1.54, 1.807) is 0 Å². The number of esters is 1. The molecule has 2 rings (SSSR count). The van der Waals surface area contributed by atoms with E-state index >= 15 is 0 Å². The summed E-state index contributed by atoms with van der Waals surface area (Å²) in [6, 6.07) is 2.96. The number of amides is 1. The van der Waals surface area contributed by atoms with Crippen molar-refractivity contribution in [1.29, 1.82) is 0 Å². The molecule has 124 valence electrons. The maximum Gasteiger partial charge on any atom is 0.338 e. The van der Waals surface area contributed by atoms with Crippen molar-refractivity contribution in [2.24, 2.45) is 0 Å². The smallest absolute Gasteiger partial charge is 0.338 e. The van der Waals surface area contributed by atoms with Gasteiger partial charge in [0.05, 0.1) is 17.6 Å². The lowest BCUT2D eigenvalue weighted by Gasteiger charge is -2.06. The molecule has 11 nitrogen and oxygen atoms in total. The fraction of sp³-hybridized carbons (Fsp3) is 0.0769. The van der Waals surface area contributed by atoms with Gasteiger partial charge in [0.25, 0.3) is 17.2 Å². The lowest BCUT2D eigenvalue weighted by Crippen LogP contribution is -2.26. The third-order valence-corrected chi connectivity index (χ3v) is 2.88. The van der Waals surface area contributed by atoms with Gasteiger partial charge in [0.1, 0.15) is 5.69 Å². The van der Waals surface area contributed by atoms with Gasteiger partial charge < -0.3 is 15.0 Å². The molecule has 2 aromatic rings. The number of anilines is 1. The molecule has 0 fully saturated rings. The van der Waals surface area contributed by atoms with Gasteiger partial charge in [0.2, 0.25) is 0 Å². The van der Waals surface area contributed by atoms with Crippen LogP contribution in [0.1, 0.15) is 20.7 Å². The van der Waals surface area contributed by atoms with Crippen molar-refractivity contribution < 1.29 is 19.2 Å². The summed E-state index contributed by atoms with van der Waals surface area (Å²) >= 11 is 0. The van der Waals surface area contributed by atoms with Crippen molar-refractivity contribution in [3.8, 4) is 0 Å². The van der Waals surface area contributed by atoms with E-state index in [-0.39, 0.29) is 16.8 Å². The number of hydrogen-bond donors (Lipinski definition) is 3. The summed E-state index contributed by atoms with van der Waals surface area (Å²) in [5.41, 5.74) is -2.83. The molecule has 1 heterocycles. The average molecular weight is 334 g/mol. The van der Waals surface area contributed by atoms with Crippen molar-refractivity contribution in [1.82, 2.24) is 9.97 Å². The van der Waals surface area contributed by atoms with E-state index in [1.165, 1.54) is 0 Å². The first-order valence-electron chi connectivity index (χ1n) is 6.33. The number of hydrogen-bond acceptors (Lipinski definition) is 7. The summed E-state index contributed by atoms with van der Waals surface area (Å²) in [5.74, 6) is -1.75. The van der Waals surface area contributed by atoms with Crippen LogP contribution < -0.4 is 16.6 Å². The standard InChI is InChI=1S/C13H10N4O7/c1-24-12(20)7-2-6(3-8(4-7)17(22)23)10(18)15-9-5-14-13(21)16-11(9)19/h2-5H,1H3,(H,15,18)(H2,14,16,19,21). The second-order valence-corrected chi connectivity index (χ2v) is 4.46. The highest BCUT2D eigenvalue weighted by molar-refractivity contribution is 6.06. The van der Waals surface area contributed by atoms with Crippen LogP contribution in [-0.4, -0.2) is 33.9 Å². The molecular weight excluding hydrogens is 324 g/mol. The number of H-pyrrole nitrogens is 2. The van der Waals surface area contributed by atoms with Crippen LogP contribution in [0.25, 0.3) is 0 Å². The maximum atomic E-state index is 12.2. The highest BCUT2D eigenvalue weighted by Gasteiger charge is 2.19. The van der Waals surface area contributed by atoms with Crippen LogP contribution in [0, 0.1) is 10.1 Å². The molecule has 0 unspecified atom stereocenters. The lowest BCUT2D eigenvalue weighted by molar-refractivity contribution is -0.384. The number of benzene rings is 1. The Labute approximate surface area is 132 Å². The Bertz CT molecular complexity index is 944. The van der Waals surface area contributed by atoms with Crippen molar-refractivity contribution in [2.45, 2.75) is 0 Å². The highest BCUT2D eigenvalue weighted by atomic mass is 16.6. The zero-order valence-corrected chi connectivity index (χ0v) is 12.1. The monoisotopic (exact) mass is 334 g/mol. The molecule has 0 saturated heterocycles. The summed E-state index contributed by atoms with van der Waals surface area (Å²) < 4.78 is 4.47. The molecule has 0 aliphatic heterocycles. The second-order valence-electron chi connectivity index (χ2n) is 4.46. The minimum Gasteiger partial charge on any atom is -0.465 e. The van der Waals surface area contributed by atoms with Crippen LogP contribution in [0.4, 0.5) is 11.4 Å². The van der Waals surface area contributed by atoms with Crippen molar-refractivity contribution in [2.75, 3.05) is 12.4 Å². The predicted octanol–water partition coefficient (Wildman–Crippen LogP) is 0.0103. The van der Waals surface area contributed by atoms with E-state index in [4.69, 9.17) is 0 Å². The highest BCUT2D eigenvalue weighted by Crippen LogP contribution is 2.18. The number of ether oxygens (including phenoxy) is 1. The molecule has 0 atom stereocenters. The largest absolute Gasteiger partial charge is 0.465 e. The van der Waals surface area contributed by atoms with Gasteiger partial charge in [-0.15, -0.1) is 0 Å². The Balaban J connectivity index is 2.42. The molecule has 0 spiro atoms. The number of carbonyl (C=O) groups is 2. The first-order chi connectivity index (χ1) is 11.3. The third kappa shape index (κ3) is 3.52. The second kappa shape index (κ2) is 6.56. The lowest BCUT2D eigenvalue weighted by atomic mass is 10.1. The Morgan fingerprint density at radius 1 is 1.21 bits per heavy atom. The number of nitro groups is 1. The number of nitrogens with one attached hydrogen (secondary N) is 3. The molecule has 0 aliphatic rings. The van der Waals surface area contributed by atoms with Crippen LogP contribution in [0.5, 0.6) is 0 Å². The Kier molecular flexibility index (Phi) is 4.54. The Morgan fingerprint density at radius 3 is 2.46 bits per heavy atom. The number of non-ortho nitro benzene ring substituents is 1. The van der Waals surface area contributed by atoms with Gasteiger partial charge in [-0.25, -0.2) is 9.59 Å². The Morgan fingerprint density at radius 2 is 1.88 bits per heavy atom. The minimum absolute atomic E-state index is 0.202. The number of aromatic nitrogens is 2. The molecule has 24 heavy (non-hydrogen) atoms. The van der Waals surface area contributed by atoms with E-state index in [0.717, 1.165) is 31.5 Å². The topological polar surface area (TPSA) is 164 Å².